The Hall–Kier alpha value is -1.56. The topological polar surface area (TPSA) is 70.2 Å². The first-order chi connectivity index (χ1) is 10.4. The Morgan fingerprint density at radius 3 is 2.95 bits per heavy atom. The van der Waals surface area contributed by atoms with Gasteiger partial charge in [0.05, 0.1) is 6.10 Å². The number of aromatic amines is 1. The van der Waals surface area contributed by atoms with Crippen LogP contribution >= 0.6 is 0 Å². The van der Waals surface area contributed by atoms with Gasteiger partial charge in [-0.1, -0.05) is 20.8 Å². The third-order valence-electron chi connectivity index (χ3n) is 4.36. The van der Waals surface area contributed by atoms with Crippen molar-refractivity contribution in [1.29, 1.82) is 0 Å². The van der Waals surface area contributed by atoms with Crippen LogP contribution in [-0.2, 0) is 4.74 Å². The van der Waals surface area contributed by atoms with Crippen LogP contribution in [-0.4, -0.2) is 54.0 Å². The lowest BCUT2D eigenvalue weighted by molar-refractivity contribution is 0.0183. The first-order valence-electron chi connectivity index (χ1n) is 7.96. The van der Waals surface area contributed by atoms with E-state index >= 15 is 0 Å². The van der Waals surface area contributed by atoms with Crippen molar-refractivity contribution in [1.82, 2.24) is 20.4 Å². The Labute approximate surface area is 132 Å². The zero-order valence-corrected chi connectivity index (χ0v) is 14.1. The van der Waals surface area contributed by atoms with Crippen LogP contribution in [0.25, 0.3) is 0 Å². The second kappa shape index (κ2) is 7.13. The summed E-state index contributed by atoms with van der Waals surface area (Å²) in [5.41, 5.74) is 1.12. The number of carbonyl (C=O) groups is 1. The van der Waals surface area contributed by atoms with E-state index in [1.54, 1.807) is 13.3 Å². The number of hydrogen-bond donors (Lipinski definition) is 2. The van der Waals surface area contributed by atoms with Crippen LogP contribution in [0.2, 0.25) is 0 Å². The van der Waals surface area contributed by atoms with Crippen LogP contribution in [0.5, 0.6) is 0 Å². The van der Waals surface area contributed by atoms with Crippen molar-refractivity contribution in [3.05, 3.63) is 18.0 Å². The fourth-order valence-electron chi connectivity index (χ4n) is 2.94. The Bertz CT molecular complexity index is 467. The van der Waals surface area contributed by atoms with Crippen molar-refractivity contribution in [2.45, 2.75) is 45.6 Å². The van der Waals surface area contributed by atoms with Gasteiger partial charge in [-0.15, -0.1) is 0 Å². The van der Waals surface area contributed by atoms with E-state index in [-0.39, 0.29) is 17.6 Å². The molecular formula is C16H28N4O2. The summed E-state index contributed by atoms with van der Waals surface area (Å²) < 4.78 is 5.49. The van der Waals surface area contributed by atoms with Crippen LogP contribution in [0.1, 0.15) is 45.2 Å². The maximum Gasteiger partial charge on any atom is 0.317 e. The van der Waals surface area contributed by atoms with E-state index in [4.69, 9.17) is 4.74 Å². The molecule has 2 rings (SSSR count). The third-order valence-corrected chi connectivity index (χ3v) is 4.36. The zero-order chi connectivity index (χ0) is 16.2. The zero-order valence-electron chi connectivity index (χ0n) is 14.1. The summed E-state index contributed by atoms with van der Waals surface area (Å²) in [5.74, 6) is 0.350. The van der Waals surface area contributed by atoms with E-state index < -0.39 is 0 Å². The maximum atomic E-state index is 12.4. The molecule has 1 aliphatic rings. The molecule has 1 fully saturated rings. The van der Waals surface area contributed by atoms with Gasteiger partial charge in [0.1, 0.15) is 0 Å². The van der Waals surface area contributed by atoms with Crippen LogP contribution in [0.4, 0.5) is 4.79 Å². The fraction of sp³-hybridized carbons (Fsp3) is 0.750. The molecule has 6 nitrogen and oxygen atoms in total. The lowest BCUT2D eigenvalue weighted by Gasteiger charge is -2.34. The lowest BCUT2D eigenvalue weighted by atomic mass is 9.89. The van der Waals surface area contributed by atoms with Crippen molar-refractivity contribution in [3.8, 4) is 0 Å². The average Bonchev–Trinajstić information content (AvgIpc) is 3.00. The minimum Gasteiger partial charge on any atom is -0.379 e. The monoisotopic (exact) mass is 308 g/mol. The molecule has 0 aromatic carbocycles. The number of urea groups is 1. The largest absolute Gasteiger partial charge is 0.379 e. The quantitative estimate of drug-likeness (QED) is 0.897. The van der Waals surface area contributed by atoms with Gasteiger partial charge < -0.3 is 15.0 Å². The molecule has 0 bridgehead atoms. The summed E-state index contributed by atoms with van der Waals surface area (Å²) in [5, 5.41) is 10.0. The second-order valence-corrected chi connectivity index (χ2v) is 7.07. The number of methoxy groups -OCH3 is 1. The van der Waals surface area contributed by atoms with Crippen molar-refractivity contribution in [3.63, 3.8) is 0 Å². The highest BCUT2D eigenvalue weighted by atomic mass is 16.5. The third kappa shape index (κ3) is 4.22. The fourth-order valence-corrected chi connectivity index (χ4v) is 2.94. The van der Waals surface area contributed by atoms with Crippen molar-refractivity contribution in [2.75, 3.05) is 26.7 Å². The molecule has 2 heterocycles. The molecule has 1 aromatic heterocycles. The Balaban J connectivity index is 1.87. The number of amides is 2. The van der Waals surface area contributed by atoms with E-state index in [9.17, 15) is 4.79 Å². The number of likely N-dealkylation sites (tertiary alicyclic amines) is 1. The number of carbonyl (C=O) groups excluding carboxylic acids is 1. The van der Waals surface area contributed by atoms with Crippen LogP contribution < -0.4 is 5.32 Å². The Morgan fingerprint density at radius 1 is 1.59 bits per heavy atom. The normalized spacial score (nSPS) is 20.7. The summed E-state index contributed by atoms with van der Waals surface area (Å²) in [4.78, 5) is 14.3. The number of aromatic nitrogens is 2. The van der Waals surface area contributed by atoms with Gasteiger partial charge in [0.2, 0.25) is 0 Å². The average molecular weight is 308 g/mol. The minimum atomic E-state index is -0.00415. The summed E-state index contributed by atoms with van der Waals surface area (Å²) in [7, 11) is 1.69. The number of piperidine rings is 1. The van der Waals surface area contributed by atoms with Crippen LogP contribution in [0, 0.1) is 5.41 Å². The molecule has 0 saturated carbocycles. The predicted molar refractivity (Wildman–Crippen MR) is 85.8 cm³/mol. The van der Waals surface area contributed by atoms with Crippen molar-refractivity contribution >= 4 is 6.03 Å². The van der Waals surface area contributed by atoms with E-state index in [1.165, 1.54) is 0 Å². The molecule has 0 radical (unpaired) electrons. The smallest absolute Gasteiger partial charge is 0.317 e. The number of ether oxygens (including phenoxy) is 1. The van der Waals surface area contributed by atoms with Crippen LogP contribution in [0.3, 0.4) is 0 Å². The predicted octanol–water partition coefficient (Wildman–Crippen LogP) is 2.36. The van der Waals surface area contributed by atoms with E-state index in [2.05, 4.69) is 36.3 Å². The maximum absolute atomic E-state index is 12.4. The number of nitrogens with one attached hydrogen (secondary N) is 2. The number of nitrogens with zero attached hydrogens (tertiary/aromatic N) is 2. The molecule has 124 valence electrons. The molecule has 2 atom stereocenters. The molecule has 0 aliphatic carbocycles. The van der Waals surface area contributed by atoms with E-state index in [1.807, 2.05) is 11.0 Å². The van der Waals surface area contributed by atoms with Gasteiger partial charge >= 0.3 is 6.03 Å². The Morgan fingerprint density at radius 2 is 2.36 bits per heavy atom. The molecule has 1 aromatic rings. The molecule has 6 heteroatoms. The highest BCUT2D eigenvalue weighted by Gasteiger charge is 2.28. The number of H-pyrrole nitrogens is 1. The summed E-state index contributed by atoms with van der Waals surface area (Å²) >= 11 is 0. The van der Waals surface area contributed by atoms with Gasteiger partial charge in [0.15, 0.2) is 0 Å². The SMILES string of the molecule is CO[C@H](CNC(=O)N1CCC[C@@H](c2ccn[nH]2)C1)C(C)(C)C. The molecule has 22 heavy (non-hydrogen) atoms. The number of hydrogen-bond acceptors (Lipinski definition) is 3. The molecule has 0 unspecified atom stereocenters. The van der Waals surface area contributed by atoms with Crippen molar-refractivity contribution in [2.24, 2.45) is 5.41 Å². The van der Waals surface area contributed by atoms with Gasteiger partial charge in [-0.3, -0.25) is 5.10 Å². The highest BCUT2D eigenvalue weighted by molar-refractivity contribution is 5.74. The van der Waals surface area contributed by atoms with E-state index in [0.29, 0.717) is 12.5 Å². The van der Waals surface area contributed by atoms with Gasteiger partial charge in [-0.05, 0) is 24.3 Å². The summed E-state index contributed by atoms with van der Waals surface area (Å²) in [6, 6.07) is 1.99. The molecule has 1 saturated heterocycles. The van der Waals surface area contributed by atoms with Crippen LogP contribution in [0.15, 0.2) is 12.3 Å². The van der Waals surface area contributed by atoms with Gasteiger partial charge in [-0.25, -0.2) is 4.79 Å². The van der Waals surface area contributed by atoms with Gasteiger partial charge in [0.25, 0.3) is 0 Å². The van der Waals surface area contributed by atoms with Crippen molar-refractivity contribution < 1.29 is 9.53 Å². The van der Waals surface area contributed by atoms with E-state index in [0.717, 1.165) is 31.6 Å². The standard InChI is InChI=1S/C16H28N4O2/c1-16(2,3)14(22-4)10-17-15(21)20-9-5-6-12(11-20)13-7-8-18-19-13/h7-8,12,14H,5-6,9-11H2,1-4H3,(H,17,21)(H,18,19)/t12-,14-/m1/s1. The Kier molecular flexibility index (Phi) is 5.45. The first-order valence-corrected chi connectivity index (χ1v) is 7.96. The molecule has 0 spiro atoms. The molecular weight excluding hydrogens is 280 g/mol. The van der Waals surface area contributed by atoms with Gasteiger partial charge in [-0.2, -0.15) is 5.10 Å². The number of rotatable bonds is 4. The summed E-state index contributed by atoms with van der Waals surface area (Å²) in [6.45, 7) is 8.42. The summed E-state index contributed by atoms with van der Waals surface area (Å²) in [6.07, 6.45) is 3.88. The lowest BCUT2D eigenvalue weighted by Crippen LogP contribution is -2.48. The second-order valence-electron chi connectivity index (χ2n) is 7.07. The minimum absolute atomic E-state index is 0.00236. The van der Waals surface area contributed by atoms with Gasteiger partial charge in [0, 0.05) is 44.6 Å². The molecule has 2 N–H and O–H groups in total. The molecule has 1 aliphatic heterocycles. The molecule has 2 amide bonds. The highest BCUT2D eigenvalue weighted by Crippen LogP contribution is 2.25. The first kappa shape index (κ1) is 16.8.